The largest absolute Gasteiger partial charge is 0.356 e. The van der Waals surface area contributed by atoms with E-state index in [9.17, 15) is 14.4 Å². The first kappa shape index (κ1) is 18.4. The third kappa shape index (κ3) is 4.41. The van der Waals surface area contributed by atoms with Crippen LogP contribution >= 0.6 is 0 Å². The summed E-state index contributed by atoms with van der Waals surface area (Å²) in [5.74, 6) is 0.0453. The van der Waals surface area contributed by atoms with Gasteiger partial charge in [0.2, 0.25) is 11.8 Å². The van der Waals surface area contributed by atoms with Gasteiger partial charge in [0.25, 0.3) is 0 Å². The summed E-state index contributed by atoms with van der Waals surface area (Å²) < 4.78 is 3.15. The van der Waals surface area contributed by atoms with Crippen LogP contribution in [0.25, 0.3) is 11.0 Å². The molecular formula is C19H21N5O3. The quantitative estimate of drug-likeness (QED) is 0.657. The second-order valence-electron chi connectivity index (χ2n) is 6.10. The van der Waals surface area contributed by atoms with Crippen LogP contribution in [0.15, 0.2) is 53.5 Å². The van der Waals surface area contributed by atoms with Crippen LogP contribution in [0.1, 0.15) is 12.8 Å². The second-order valence-corrected chi connectivity index (χ2v) is 6.10. The number of aromatic nitrogens is 3. The number of rotatable bonds is 7. The Hall–Kier alpha value is -3.42. The van der Waals surface area contributed by atoms with Crippen LogP contribution in [0.4, 0.5) is 5.82 Å². The molecule has 0 aliphatic carbocycles. The summed E-state index contributed by atoms with van der Waals surface area (Å²) in [6.07, 6.45) is 1.90. The van der Waals surface area contributed by atoms with Crippen LogP contribution in [0.3, 0.4) is 0 Å². The molecule has 0 saturated heterocycles. The molecule has 0 bridgehead atoms. The molecule has 0 fully saturated rings. The number of imidazole rings is 1. The fraction of sp³-hybridized carbons (Fsp3) is 0.263. The first-order valence-corrected chi connectivity index (χ1v) is 8.68. The molecule has 0 unspecified atom stereocenters. The van der Waals surface area contributed by atoms with Gasteiger partial charge in [0.05, 0.1) is 11.0 Å². The van der Waals surface area contributed by atoms with Crippen LogP contribution < -0.4 is 16.3 Å². The number of carbonyl (C=O) groups is 2. The van der Waals surface area contributed by atoms with Crippen LogP contribution in [-0.2, 0) is 23.2 Å². The Morgan fingerprint density at radius 3 is 2.48 bits per heavy atom. The Labute approximate surface area is 155 Å². The average molecular weight is 367 g/mol. The molecule has 2 N–H and O–H groups in total. The van der Waals surface area contributed by atoms with Crippen molar-refractivity contribution in [2.45, 2.75) is 19.4 Å². The number of pyridine rings is 1. The Morgan fingerprint density at radius 1 is 1.00 bits per heavy atom. The normalized spacial score (nSPS) is 10.7. The van der Waals surface area contributed by atoms with Gasteiger partial charge in [-0.1, -0.05) is 18.2 Å². The predicted molar refractivity (Wildman–Crippen MR) is 102 cm³/mol. The van der Waals surface area contributed by atoms with Gasteiger partial charge in [0.1, 0.15) is 5.82 Å². The molecule has 8 heteroatoms. The zero-order valence-corrected chi connectivity index (χ0v) is 15.0. The lowest BCUT2D eigenvalue weighted by Crippen LogP contribution is -2.30. The highest BCUT2D eigenvalue weighted by Gasteiger charge is 2.11. The average Bonchev–Trinajstić information content (AvgIpc) is 2.92. The lowest BCUT2D eigenvalue weighted by molar-refractivity contribution is -0.121. The van der Waals surface area contributed by atoms with E-state index in [4.69, 9.17) is 0 Å². The summed E-state index contributed by atoms with van der Waals surface area (Å²) in [5.41, 5.74) is 1.47. The lowest BCUT2D eigenvalue weighted by atomic mass is 10.3. The zero-order chi connectivity index (χ0) is 19.2. The minimum Gasteiger partial charge on any atom is -0.356 e. The zero-order valence-electron chi connectivity index (χ0n) is 15.0. The van der Waals surface area contributed by atoms with Gasteiger partial charge in [-0.15, -0.1) is 0 Å². The van der Waals surface area contributed by atoms with E-state index in [1.54, 1.807) is 40.6 Å². The Bertz CT molecular complexity index is 1010. The van der Waals surface area contributed by atoms with Gasteiger partial charge in [-0.3, -0.25) is 18.7 Å². The van der Waals surface area contributed by atoms with E-state index in [1.807, 2.05) is 24.3 Å². The topological polar surface area (TPSA) is 98.0 Å². The van der Waals surface area contributed by atoms with Gasteiger partial charge >= 0.3 is 5.69 Å². The molecule has 2 amide bonds. The van der Waals surface area contributed by atoms with Gasteiger partial charge in [-0.25, -0.2) is 9.78 Å². The molecule has 0 saturated carbocycles. The third-order valence-corrected chi connectivity index (χ3v) is 4.22. The highest BCUT2D eigenvalue weighted by atomic mass is 16.2. The van der Waals surface area contributed by atoms with Crippen molar-refractivity contribution in [3.8, 4) is 0 Å². The van der Waals surface area contributed by atoms with Crippen molar-refractivity contribution >= 4 is 28.7 Å². The smallest absolute Gasteiger partial charge is 0.328 e. The van der Waals surface area contributed by atoms with Crippen LogP contribution in [0.5, 0.6) is 0 Å². The molecule has 1 aromatic carbocycles. The number of benzene rings is 1. The summed E-state index contributed by atoms with van der Waals surface area (Å²) in [6.45, 7) is 0.508. The molecule has 2 aromatic heterocycles. The van der Waals surface area contributed by atoms with E-state index in [0.29, 0.717) is 5.82 Å². The Balaban J connectivity index is 1.47. The Kier molecular flexibility index (Phi) is 5.65. The van der Waals surface area contributed by atoms with Crippen molar-refractivity contribution in [3.05, 3.63) is 59.1 Å². The summed E-state index contributed by atoms with van der Waals surface area (Å²) in [5, 5.41) is 5.36. The van der Waals surface area contributed by atoms with Gasteiger partial charge < -0.3 is 10.6 Å². The molecule has 0 radical (unpaired) electrons. The fourth-order valence-electron chi connectivity index (χ4n) is 2.84. The maximum absolute atomic E-state index is 12.3. The van der Waals surface area contributed by atoms with Crippen molar-refractivity contribution in [1.29, 1.82) is 0 Å². The number of anilines is 1. The SMILES string of the molecule is Cn1c(=O)n(CCC(=O)NCCC(=O)Nc2ccccn2)c2ccccc21. The standard InChI is InChI=1S/C19H21N5O3/c1-23-14-6-2-3-7-15(14)24(19(23)27)13-10-17(25)21-12-9-18(26)22-16-8-4-5-11-20-16/h2-8,11H,9-10,12-13H2,1H3,(H,21,25)(H,20,22,26). The molecule has 0 spiro atoms. The van der Waals surface area contributed by atoms with Crippen molar-refractivity contribution in [1.82, 2.24) is 19.4 Å². The first-order chi connectivity index (χ1) is 13.1. The number of hydrogen-bond donors (Lipinski definition) is 2. The summed E-state index contributed by atoms with van der Waals surface area (Å²) >= 11 is 0. The number of nitrogens with one attached hydrogen (secondary N) is 2. The third-order valence-electron chi connectivity index (χ3n) is 4.22. The maximum Gasteiger partial charge on any atom is 0.328 e. The minimum absolute atomic E-state index is 0.149. The monoisotopic (exact) mass is 367 g/mol. The summed E-state index contributed by atoms with van der Waals surface area (Å²) in [7, 11) is 1.71. The van der Waals surface area contributed by atoms with Gasteiger partial charge in [-0.2, -0.15) is 0 Å². The highest BCUT2D eigenvalue weighted by Crippen LogP contribution is 2.11. The van der Waals surface area contributed by atoms with Gasteiger partial charge in [-0.05, 0) is 24.3 Å². The number of nitrogens with zero attached hydrogens (tertiary/aromatic N) is 3. The number of carbonyl (C=O) groups excluding carboxylic acids is 2. The van der Waals surface area contributed by atoms with Crippen LogP contribution in [0, 0.1) is 0 Å². The van der Waals surface area contributed by atoms with E-state index in [2.05, 4.69) is 15.6 Å². The van der Waals surface area contributed by atoms with Crippen LogP contribution in [0.2, 0.25) is 0 Å². The summed E-state index contributed by atoms with van der Waals surface area (Å²) in [4.78, 5) is 40.2. The number of aryl methyl sites for hydroxylation is 2. The van der Waals surface area contributed by atoms with E-state index in [0.717, 1.165) is 11.0 Å². The summed E-state index contributed by atoms with van der Waals surface area (Å²) in [6, 6.07) is 12.7. The number of fused-ring (bicyclic) bond motifs is 1. The molecule has 3 aromatic rings. The minimum atomic E-state index is -0.223. The molecule has 2 heterocycles. The molecular weight excluding hydrogens is 346 g/mol. The molecule has 0 aliphatic rings. The highest BCUT2D eigenvalue weighted by molar-refractivity contribution is 5.90. The number of hydrogen-bond acceptors (Lipinski definition) is 4. The maximum atomic E-state index is 12.3. The van der Waals surface area contributed by atoms with E-state index < -0.39 is 0 Å². The molecule has 8 nitrogen and oxygen atoms in total. The van der Waals surface area contributed by atoms with E-state index >= 15 is 0 Å². The van der Waals surface area contributed by atoms with Crippen molar-refractivity contribution in [2.75, 3.05) is 11.9 Å². The molecule has 27 heavy (non-hydrogen) atoms. The second kappa shape index (κ2) is 8.31. The first-order valence-electron chi connectivity index (χ1n) is 8.68. The van der Waals surface area contributed by atoms with E-state index in [1.165, 1.54) is 0 Å². The molecule has 0 aliphatic heterocycles. The number of amides is 2. The van der Waals surface area contributed by atoms with Crippen molar-refractivity contribution in [3.63, 3.8) is 0 Å². The van der Waals surface area contributed by atoms with Gasteiger partial charge in [0, 0.05) is 39.2 Å². The molecule has 0 atom stereocenters. The molecule has 3 rings (SSSR count). The van der Waals surface area contributed by atoms with Gasteiger partial charge in [0.15, 0.2) is 0 Å². The van der Waals surface area contributed by atoms with Crippen LogP contribution in [-0.4, -0.2) is 32.5 Å². The number of para-hydroxylation sites is 2. The Morgan fingerprint density at radius 2 is 1.74 bits per heavy atom. The van der Waals surface area contributed by atoms with Crippen molar-refractivity contribution in [2.24, 2.45) is 7.05 Å². The predicted octanol–water partition coefficient (Wildman–Crippen LogP) is 1.27. The van der Waals surface area contributed by atoms with E-state index in [-0.39, 0.29) is 43.4 Å². The van der Waals surface area contributed by atoms with Crippen molar-refractivity contribution < 1.29 is 9.59 Å². The fourth-order valence-corrected chi connectivity index (χ4v) is 2.84. The molecule has 140 valence electrons. The lowest BCUT2D eigenvalue weighted by Gasteiger charge is -2.07.